The molecule has 1 atom stereocenters. The van der Waals surface area contributed by atoms with Crippen LogP contribution in [0, 0.1) is 0 Å². The minimum Gasteiger partial charge on any atom is -0.367 e. The van der Waals surface area contributed by atoms with Gasteiger partial charge in [-0.2, -0.15) is 0 Å². The first-order chi connectivity index (χ1) is 6.90. The normalized spacial score (nSPS) is 19.3. The summed E-state index contributed by atoms with van der Waals surface area (Å²) >= 11 is 0. The zero-order valence-corrected chi connectivity index (χ0v) is 9.95. The lowest BCUT2D eigenvalue weighted by Gasteiger charge is -2.24. The fourth-order valence-electron chi connectivity index (χ4n) is 1.61. The van der Waals surface area contributed by atoms with Crippen LogP contribution in [0.4, 0.5) is 0 Å². The number of amides is 1. The summed E-state index contributed by atoms with van der Waals surface area (Å²) in [6, 6.07) is 0. The van der Waals surface area contributed by atoms with E-state index >= 15 is 0 Å². The third kappa shape index (κ3) is 4.18. The van der Waals surface area contributed by atoms with E-state index in [1.165, 1.54) is 0 Å². The summed E-state index contributed by atoms with van der Waals surface area (Å²) in [5.74, 6) is 0.0942. The van der Waals surface area contributed by atoms with Gasteiger partial charge in [-0.1, -0.05) is 0 Å². The van der Waals surface area contributed by atoms with Gasteiger partial charge in [-0.3, -0.25) is 4.79 Å². The summed E-state index contributed by atoms with van der Waals surface area (Å²) in [5, 5.41) is 0. The van der Waals surface area contributed by atoms with Gasteiger partial charge in [0.1, 0.15) is 6.10 Å². The topological polar surface area (TPSA) is 55.6 Å². The van der Waals surface area contributed by atoms with Gasteiger partial charge in [0, 0.05) is 18.6 Å². The molecule has 0 aromatic heterocycles. The van der Waals surface area contributed by atoms with Crippen LogP contribution in [0.25, 0.3) is 0 Å². The molecule has 0 aromatic rings. The van der Waals surface area contributed by atoms with Crippen molar-refractivity contribution in [3.05, 3.63) is 0 Å². The van der Waals surface area contributed by atoms with Crippen molar-refractivity contribution in [3.63, 3.8) is 0 Å². The Labute approximate surface area is 91.8 Å². The molecule has 1 aliphatic heterocycles. The third-order valence-corrected chi connectivity index (χ3v) is 2.47. The predicted molar refractivity (Wildman–Crippen MR) is 59.5 cm³/mol. The second-order valence-electron chi connectivity index (χ2n) is 4.97. The van der Waals surface area contributed by atoms with Crippen LogP contribution in [0.15, 0.2) is 0 Å². The van der Waals surface area contributed by atoms with Crippen LogP contribution in [-0.2, 0) is 9.53 Å². The van der Waals surface area contributed by atoms with Gasteiger partial charge in [-0.05, 0) is 33.6 Å². The van der Waals surface area contributed by atoms with Crippen molar-refractivity contribution in [3.8, 4) is 0 Å². The molecule has 2 N–H and O–H groups in total. The van der Waals surface area contributed by atoms with Crippen molar-refractivity contribution in [1.29, 1.82) is 0 Å². The summed E-state index contributed by atoms with van der Waals surface area (Å²) in [4.78, 5) is 13.7. The molecule has 0 bridgehead atoms. The van der Waals surface area contributed by atoms with Gasteiger partial charge in [0.15, 0.2) is 0 Å². The maximum Gasteiger partial charge on any atom is 0.251 e. The Morgan fingerprint density at radius 2 is 2.00 bits per heavy atom. The third-order valence-electron chi connectivity index (χ3n) is 2.47. The first-order valence-corrected chi connectivity index (χ1v) is 5.59. The molecule has 0 aliphatic carbocycles. The Balaban J connectivity index is 2.32. The summed E-state index contributed by atoms with van der Waals surface area (Å²) < 4.78 is 5.46. The average Bonchev–Trinajstić information content (AvgIpc) is 2.64. The Hall–Kier alpha value is -0.610. The number of nitrogens with zero attached hydrogens (tertiary/aromatic N) is 1. The van der Waals surface area contributed by atoms with Gasteiger partial charge in [-0.25, -0.2) is 0 Å². The molecular formula is C11H22N2O2. The van der Waals surface area contributed by atoms with E-state index in [2.05, 4.69) is 0 Å². The van der Waals surface area contributed by atoms with E-state index in [-0.39, 0.29) is 17.6 Å². The largest absolute Gasteiger partial charge is 0.367 e. The average molecular weight is 214 g/mol. The lowest BCUT2D eigenvalue weighted by atomic mass is 10.1. The Morgan fingerprint density at radius 1 is 1.47 bits per heavy atom. The monoisotopic (exact) mass is 214 g/mol. The van der Waals surface area contributed by atoms with Gasteiger partial charge >= 0.3 is 0 Å². The van der Waals surface area contributed by atoms with E-state index in [0.717, 1.165) is 25.9 Å². The number of carbonyl (C=O) groups is 1. The van der Waals surface area contributed by atoms with Crippen LogP contribution < -0.4 is 5.73 Å². The lowest BCUT2D eigenvalue weighted by Crippen LogP contribution is -2.43. The quantitative estimate of drug-likeness (QED) is 0.751. The summed E-state index contributed by atoms with van der Waals surface area (Å²) in [6.45, 7) is 7.73. The molecule has 4 nitrogen and oxygen atoms in total. The van der Waals surface area contributed by atoms with Crippen molar-refractivity contribution >= 4 is 5.91 Å². The van der Waals surface area contributed by atoms with E-state index in [9.17, 15) is 4.79 Å². The van der Waals surface area contributed by atoms with Crippen LogP contribution in [0.5, 0.6) is 0 Å². The van der Waals surface area contributed by atoms with Crippen molar-refractivity contribution < 1.29 is 9.53 Å². The molecule has 1 fully saturated rings. The molecular weight excluding hydrogens is 192 g/mol. The van der Waals surface area contributed by atoms with Crippen molar-refractivity contribution in [2.45, 2.75) is 45.3 Å². The molecule has 88 valence electrons. The number of rotatable bonds is 4. The molecule has 1 unspecified atom stereocenters. The molecule has 1 heterocycles. The maximum absolute atomic E-state index is 11.8. The zero-order valence-electron chi connectivity index (χ0n) is 9.95. The Kier molecular flexibility index (Phi) is 4.11. The van der Waals surface area contributed by atoms with Gasteiger partial charge in [0.2, 0.25) is 0 Å². The smallest absolute Gasteiger partial charge is 0.251 e. The first kappa shape index (κ1) is 12.5. The highest BCUT2D eigenvalue weighted by molar-refractivity contribution is 5.80. The molecule has 1 rings (SSSR count). The van der Waals surface area contributed by atoms with E-state index < -0.39 is 0 Å². The highest BCUT2D eigenvalue weighted by atomic mass is 16.5. The van der Waals surface area contributed by atoms with E-state index in [1.807, 2.05) is 18.7 Å². The number of hydrogen-bond acceptors (Lipinski definition) is 3. The Morgan fingerprint density at radius 3 is 2.47 bits per heavy atom. The van der Waals surface area contributed by atoms with Crippen LogP contribution in [0.1, 0.15) is 33.6 Å². The molecule has 1 aliphatic rings. The minimum atomic E-state index is -0.375. The van der Waals surface area contributed by atoms with E-state index in [0.29, 0.717) is 6.61 Å². The van der Waals surface area contributed by atoms with Gasteiger partial charge in [0.05, 0.1) is 6.61 Å². The van der Waals surface area contributed by atoms with Gasteiger partial charge in [-0.15, -0.1) is 0 Å². The maximum atomic E-state index is 11.8. The number of hydrogen-bond donors (Lipinski definition) is 1. The molecule has 0 saturated carbocycles. The number of carbonyl (C=O) groups excluding carboxylic acids is 1. The molecule has 1 amide bonds. The van der Waals surface area contributed by atoms with Gasteiger partial charge in [0.25, 0.3) is 5.91 Å². The second kappa shape index (κ2) is 4.94. The minimum absolute atomic E-state index is 0.0942. The standard InChI is InChI=1S/C11H22N2O2/c1-9(15-8-11(2,3)12)10(14)13-6-4-5-7-13/h9H,4-8,12H2,1-3H3. The summed E-state index contributed by atoms with van der Waals surface area (Å²) in [5.41, 5.74) is 5.41. The molecule has 1 saturated heterocycles. The molecule has 0 radical (unpaired) electrons. The first-order valence-electron chi connectivity index (χ1n) is 5.59. The fraction of sp³-hybridized carbons (Fsp3) is 0.909. The van der Waals surface area contributed by atoms with Crippen LogP contribution in [0.2, 0.25) is 0 Å². The van der Waals surface area contributed by atoms with Crippen LogP contribution >= 0.6 is 0 Å². The summed E-state index contributed by atoms with van der Waals surface area (Å²) in [6.07, 6.45) is 1.85. The number of ether oxygens (including phenoxy) is 1. The van der Waals surface area contributed by atoms with Crippen LogP contribution in [-0.4, -0.2) is 42.1 Å². The van der Waals surface area contributed by atoms with Crippen LogP contribution in [0.3, 0.4) is 0 Å². The predicted octanol–water partition coefficient (Wildman–Crippen LogP) is 0.751. The van der Waals surface area contributed by atoms with Gasteiger partial charge < -0.3 is 15.4 Å². The zero-order chi connectivity index (χ0) is 11.5. The molecule has 4 heteroatoms. The fourth-order valence-corrected chi connectivity index (χ4v) is 1.61. The molecule has 0 aromatic carbocycles. The Bertz CT molecular complexity index is 217. The summed E-state index contributed by atoms with van der Waals surface area (Å²) in [7, 11) is 0. The van der Waals surface area contributed by atoms with E-state index in [4.69, 9.17) is 10.5 Å². The molecule has 15 heavy (non-hydrogen) atoms. The number of likely N-dealkylation sites (tertiary alicyclic amines) is 1. The van der Waals surface area contributed by atoms with Crippen molar-refractivity contribution in [1.82, 2.24) is 4.90 Å². The SMILES string of the molecule is CC(OCC(C)(C)N)C(=O)N1CCCC1. The van der Waals surface area contributed by atoms with E-state index in [1.54, 1.807) is 6.92 Å². The molecule has 0 spiro atoms. The van der Waals surface area contributed by atoms with Crippen molar-refractivity contribution in [2.24, 2.45) is 5.73 Å². The second-order valence-corrected chi connectivity index (χ2v) is 4.97. The lowest BCUT2D eigenvalue weighted by molar-refractivity contribution is -0.142. The highest BCUT2D eigenvalue weighted by Gasteiger charge is 2.24. The van der Waals surface area contributed by atoms with Crippen molar-refractivity contribution in [2.75, 3.05) is 19.7 Å². The number of nitrogens with two attached hydrogens (primary N) is 1. The highest BCUT2D eigenvalue weighted by Crippen LogP contribution is 2.11.